The molecule has 120 valence electrons. The Kier molecular flexibility index (Phi) is 5.27. The van der Waals surface area contributed by atoms with E-state index < -0.39 is 10.1 Å². The molecule has 0 aliphatic carbocycles. The largest absolute Gasteiger partial charge is 0.295 e. The fraction of sp³-hybridized carbons (Fsp3) is 0.647. The summed E-state index contributed by atoms with van der Waals surface area (Å²) in [6, 6.07) is 0. The van der Waals surface area contributed by atoms with E-state index in [-0.39, 0.29) is 16.7 Å². The highest BCUT2D eigenvalue weighted by molar-refractivity contribution is 7.86. The highest BCUT2D eigenvalue weighted by atomic mass is 32.2. The van der Waals surface area contributed by atoms with E-state index in [1.807, 2.05) is 41.5 Å². The van der Waals surface area contributed by atoms with Crippen molar-refractivity contribution in [3.63, 3.8) is 0 Å². The van der Waals surface area contributed by atoms with Crippen molar-refractivity contribution in [1.29, 1.82) is 0 Å². The highest BCUT2D eigenvalue weighted by Crippen LogP contribution is 2.41. The molecule has 0 fully saturated rings. The van der Waals surface area contributed by atoms with E-state index in [1.165, 1.54) is 5.56 Å². The number of rotatable bonds is 4. The van der Waals surface area contributed by atoms with Crippen LogP contribution in [0, 0.1) is 13.8 Å². The van der Waals surface area contributed by atoms with Gasteiger partial charge in [0.15, 0.2) is 0 Å². The maximum atomic E-state index is 12.0. The summed E-state index contributed by atoms with van der Waals surface area (Å²) in [4.78, 5) is 0.131. The summed E-state index contributed by atoms with van der Waals surface area (Å²) in [5.41, 5.74) is 4.71. The SMILES string of the molecule is Cc1c(C(C)C)c(C)c(C(C)C)c(S(=O)(=O)O)c1C(C)C. The van der Waals surface area contributed by atoms with Crippen LogP contribution in [0.1, 0.15) is 87.1 Å². The molecule has 0 saturated carbocycles. The van der Waals surface area contributed by atoms with Crippen molar-refractivity contribution in [3.05, 3.63) is 27.8 Å². The van der Waals surface area contributed by atoms with Gasteiger partial charge in [-0.1, -0.05) is 41.5 Å². The quantitative estimate of drug-likeness (QED) is 0.803. The minimum absolute atomic E-state index is 0.0394. The molecular weight excluding hydrogens is 284 g/mol. The van der Waals surface area contributed by atoms with E-state index in [0.717, 1.165) is 22.3 Å². The molecule has 0 aliphatic rings. The van der Waals surface area contributed by atoms with Gasteiger partial charge >= 0.3 is 0 Å². The molecule has 0 spiro atoms. The molecule has 3 nitrogen and oxygen atoms in total. The second-order valence-electron chi connectivity index (χ2n) is 6.76. The monoisotopic (exact) mass is 312 g/mol. The normalized spacial score (nSPS) is 12.8. The molecule has 1 aromatic carbocycles. The number of hydrogen-bond acceptors (Lipinski definition) is 2. The summed E-state index contributed by atoms with van der Waals surface area (Å²) in [7, 11) is -4.24. The summed E-state index contributed by atoms with van der Waals surface area (Å²) < 4.78 is 33.8. The van der Waals surface area contributed by atoms with Crippen molar-refractivity contribution in [2.24, 2.45) is 0 Å². The van der Waals surface area contributed by atoms with Crippen LogP contribution in [0.15, 0.2) is 4.90 Å². The molecule has 0 aromatic heterocycles. The minimum Gasteiger partial charge on any atom is -0.282 e. The van der Waals surface area contributed by atoms with Crippen LogP contribution in [0.3, 0.4) is 0 Å². The molecule has 0 bridgehead atoms. The molecule has 0 aliphatic heterocycles. The summed E-state index contributed by atoms with van der Waals surface area (Å²) in [5.74, 6) is 0.394. The molecule has 0 radical (unpaired) electrons. The third-order valence-corrected chi connectivity index (χ3v) is 5.05. The van der Waals surface area contributed by atoms with Crippen molar-refractivity contribution in [3.8, 4) is 0 Å². The Morgan fingerprint density at radius 2 is 1.00 bits per heavy atom. The van der Waals surface area contributed by atoms with Gasteiger partial charge in [0.2, 0.25) is 0 Å². The van der Waals surface area contributed by atoms with Crippen LogP contribution in [0.5, 0.6) is 0 Å². The maximum absolute atomic E-state index is 12.0. The second kappa shape index (κ2) is 6.09. The molecule has 4 heteroatoms. The second-order valence-corrected chi connectivity index (χ2v) is 8.12. The van der Waals surface area contributed by atoms with Crippen LogP contribution < -0.4 is 0 Å². The molecular formula is C17H28O3S. The fourth-order valence-corrected chi connectivity index (χ4v) is 4.92. The van der Waals surface area contributed by atoms with Crippen molar-refractivity contribution in [1.82, 2.24) is 0 Å². The topological polar surface area (TPSA) is 54.4 Å². The van der Waals surface area contributed by atoms with Crippen LogP contribution >= 0.6 is 0 Å². The highest BCUT2D eigenvalue weighted by Gasteiger charge is 2.29. The van der Waals surface area contributed by atoms with Crippen molar-refractivity contribution >= 4 is 10.1 Å². The molecule has 1 rings (SSSR count). The molecule has 0 amide bonds. The summed E-state index contributed by atoms with van der Waals surface area (Å²) >= 11 is 0. The van der Waals surface area contributed by atoms with Crippen LogP contribution in [-0.2, 0) is 10.1 Å². The standard InChI is InChI=1S/C17H28O3S/c1-9(2)14-12(7)15(10(3)4)17(21(18,19)20)16(11(5)6)13(14)8/h9-11H,1-8H3,(H,18,19,20). The summed E-state index contributed by atoms with van der Waals surface area (Å²) in [6.07, 6.45) is 0. The van der Waals surface area contributed by atoms with E-state index in [0.29, 0.717) is 5.92 Å². The predicted molar refractivity (Wildman–Crippen MR) is 88.0 cm³/mol. The van der Waals surface area contributed by atoms with Crippen LogP contribution in [0.4, 0.5) is 0 Å². The predicted octanol–water partition coefficient (Wildman–Crippen LogP) is 4.92. The van der Waals surface area contributed by atoms with E-state index in [1.54, 1.807) is 0 Å². The van der Waals surface area contributed by atoms with Crippen molar-refractivity contribution in [2.75, 3.05) is 0 Å². The Hall–Kier alpha value is -0.870. The van der Waals surface area contributed by atoms with Gasteiger partial charge in [-0.05, 0) is 59.4 Å². The van der Waals surface area contributed by atoms with Crippen LogP contribution in [0.2, 0.25) is 0 Å². The van der Waals surface area contributed by atoms with Gasteiger partial charge in [0, 0.05) is 0 Å². The zero-order chi connectivity index (χ0) is 16.7. The lowest BCUT2D eigenvalue weighted by Gasteiger charge is -2.27. The third kappa shape index (κ3) is 3.32. The van der Waals surface area contributed by atoms with Crippen molar-refractivity contribution < 1.29 is 13.0 Å². The first-order valence-electron chi connectivity index (χ1n) is 7.55. The Bertz CT molecular complexity index is 603. The molecule has 1 N–H and O–H groups in total. The van der Waals surface area contributed by atoms with E-state index >= 15 is 0 Å². The van der Waals surface area contributed by atoms with E-state index in [9.17, 15) is 13.0 Å². The Balaban J connectivity index is 4.12. The van der Waals surface area contributed by atoms with Gasteiger partial charge in [0.1, 0.15) is 4.90 Å². The van der Waals surface area contributed by atoms with Gasteiger partial charge in [0.05, 0.1) is 0 Å². The Labute approximate surface area is 129 Å². The van der Waals surface area contributed by atoms with Gasteiger partial charge < -0.3 is 0 Å². The van der Waals surface area contributed by atoms with Gasteiger partial charge in [-0.25, -0.2) is 0 Å². The molecule has 0 saturated heterocycles. The Morgan fingerprint density at radius 1 is 0.714 bits per heavy atom. The molecule has 1 aromatic rings. The molecule has 0 atom stereocenters. The van der Waals surface area contributed by atoms with E-state index in [4.69, 9.17) is 0 Å². The minimum atomic E-state index is -4.24. The molecule has 0 heterocycles. The van der Waals surface area contributed by atoms with E-state index in [2.05, 4.69) is 13.8 Å². The lowest BCUT2D eigenvalue weighted by molar-refractivity contribution is 0.478. The van der Waals surface area contributed by atoms with Gasteiger partial charge in [-0.15, -0.1) is 0 Å². The first kappa shape index (κ1) is 18.2. The third-order valence-electron chi connectivity index (χ3n) is 4.10. The summed E-state index contributed by atoms with van der Waals surface area (Å²) in [6.45, 7) is 16.1. The molecule has 21 heavy (non-hydrogen) atoms. The van der Waals surface area contributed by atoms with Crippen LogP contribution in [-0.4, -0.2) is 13.0 Å². The van der Waals surface area contributed by atoms with Crippen molar-refractivity contribution in [2.45, 2.75) is 78.0 Å². The first-order valence-corrected chi connectivity index (χ1v) is 8.99. The smallest absolute Gasteiger partial charge is 0.282 e. The number of benzene rings is 1. The zero-order valence-corrected chi connectivity index (χ0v) is 15.2. The number of hydrogen-bond donors (Lipinski definition) is 1. The average Bonchev–Trinajstić information content (AvgIpc) is 2.24. The molecule has 0 unspecified atom stereocenters. The van der Waals surface area contributed by atoms with Gasteiger partial charge in [-0.2, -0.15) is 8.42 Å². The van der Waals surface area contributed by atoms with Gasteiger partial charge in [-0.3, -0.25) is 4.55 Å². The van der Waals surface area contributed by atoms with Gasteiger partial charge in [0.25, 0.3) is 10.1 Å². The average molecular weight is 312 g/mol. The fourth-order valence-electron chi connectivity index (χ4n) is 3.59. The maximum Gasteiger partial charge on any atom is 0.295 e. The Morgan fingerprint density at radius 3 is 1.19 bits per heavy atom. The summed E-state index contributed by atoms with van der Waals surface area (Å²) in [5, 5.41) is 0. The van der Waals surface area contributed by atoms with Crippen LogP contribution in [0.25, 0.3) is 0 Å². The lowest BCUT2D eigenvalue weighted by atomic mass is 9.81. The lowest BCUT2D eigenvalue weighted by Crippen LogP contribution is -2.16. The zero-order valence-electron chi connectivity index (χ0n) is 14.4. The first-order chi connectivity index (χ1) is 9.41.